The lowest BCUT2D eigenvalue weighted by Crippen LogP contribution is -2.42. The molecular formula is C14H19N3O6S2. The lowest BCUT2D eigenvalue weighted by Gasteiger charge is -2.12. The Morgan fingerprint density at radius 1 is 1.20 bits per heavy atom. The minimum Gasteiger partial charge on any atom is -0.351 e. The summed E-state index contributed by atoms with van der Waals surface area (Å²) in [6, 6.07) is 4.97. The maximum absolute atomic E-state index is 12.1. The highest BCUT2D eigenvalue weighted by atomic mass is 32.2. The summed E-state index contributed by atoms with van der Waals surface area (Å²) < 4.78 is 49.1. The number of rotatable bonds is 6. The molecule has 3 N–H and O–H groups in total. The normalized spacial score (nSPS) is 19.3. The summed E-state index contributed by atoms with van der Waals surface area (Å²) in [5.41, 5.74) is 0.451. The number of anilines is 1. The van der Waals surface area contributed by atoms with E-state index in [2.05, 4.69) is 15.4 Å². The zero-order valence-corrected chi connectivity index (χ0v) is 15.1. The van der Waals surface area contributed by atoms with E-state index in [1.165, 1.54) is 31.2 Å². The standard InChI is InChI=1S/C14H19N3O6S2/c1-10(18)16-11-2-4-13(5-3-11)25(22,23)15-8-14(19)17-12-6-7-24(20,21)9-12/h2-5,12,15H,6-9H2,1H3,(H,16,18)(H,17,19). The molecule has 2 amide bonds. The first-order valence-electron chi connectivity index (χ1n) is 7.44. The molecule has 1 atom stereocenters. The third-order valence-electron chi connectivity index (χ3n) is 3.51. The molecule has 1 unspecified atom stereocenters. The minimum absolute atomic E-state index is 0.0182. The fourth-order valence-corrected chi connectivity index (χ4v) is 5.01. The molecule has 1 fully saturated rings. The van der Waals surface area contributed by atoms with Gasteiger partial charge in [0.25, 0.3) is 0 Å². The molecule has 2 rings (SSSR count). The Kier molecular flexibility index (Phi) is 5.80. The van der Waals surface area contributed by atoms with E-state index in [4.69, 9.17) is 0 Å². The summed E-state index contributed by atoms with van der Waals surface area (Å²) in [6.07, 6.45) is 0.325. The smallest absolute Gasteiger partial charge is 0.241 e. The predicted molar refractivity (Wildman–Crippen MR) is 91.1 cm³/mol. The highest BCUT2D eigenvalue weighted by molar-refractivity contribution is 7.91. The second-order valence-corrected chi connectivity index (χ2v) is 9.69. The first kappa shape index (κ1) is 19.3. The molecule has 1 aromatic rings. The van der Waals surface area contributed by atoms with Crippen LogP contribution >= 0.6 is 0 Å². The summed E-state index contributed by atoms with van der Waals surface area (Å²) in [7, 11) is -7.02. The number of amides is 2. The van der Waals surface area contributed by atoms with Crippen molar-refractivity contribution in [3.8, 4) is 0 Å². The summed E-state index contributed by atoms with van der Waals surface area (Å²) in [6.45, 7) is 0.840. The molecule has 1 saturated heterocycles. The van der Waals surface area contributed by atoms with Gasteiger partial charge in [-0.15, -0.1) is 0 Å². The van der Waals surface area contributed by atoms with Gasteiger partial charge < -0.3 is 10.6 Å². The number of hydrogen-bond donors (Lipinski definition) is 3. The molecular weight excluding hydrogens is 370 g/mol. The van der Waals surface area contributed by atoms with Crippen LogP contribution in [0.5, 0.6) is 0 Å². The molecule has 1 aliphatic heterocycles. The Morgan fingerprint density at radius 2 is 1.84 bits per heavy atom. The monoisotopic (exact) mass is 389 g/mol. The van der Waals surface area contributed by atoms with Crippen molar-refractivity contribution in [2.24, 2.45) is 0 Å². The van der Waals surface area contributed by atoms with E-state index in [1.54, 1.807) is 0 Å². The molecule has 25 heavy (non-hydrogen) atoms. The lowest BCUT2D eigenvalue weighted by molar-refractivity contribution is -0.120. The Hall–Kier alpha value is -1.98. The van der Waals surface area contributed by atoms with E-state index in [9.17, 15) is 26.4 Å². The molecule has 0 saturated carbocycles. The van der Waals surface area contributed by atoms with Gasteiger partial charge in [0, 0.05) is 18.7 Å². The van der Waals surface area contributed by atoms with E-state index in [1.807, 2.05) is 0 Å². The maximum atomic E-state index is 12.1. The molecule has 11 heteroatoms. The SMILES string of the molecule is CC(=O)Nc1ccc(S(=O)(=O)NCC(=O)NC2CCS(=O)(=O)C2)cc1. The van der Waals surface area contributed by atoms with Gasteiger partial charge in [0.1, 0.15) is 0 Å². The van der Waals surface area contributed by atoms with Crippen molar-refractivity contribution in [3.63, 3.8) is 0 Å². The molecule has 0 bridgehead atoms. The average molecular weight is 389 g/mol. The number of carbonyl (C=O) groups is 2. The molecule has 1 heterocycles. The van der Waals surface area contributed by atoms with E-state index in [-0.39, 0.29) is 22.3 Å². The molecule has 138 valence electrons. The third-order valence-corrected chi connectivity index (χ3v) is 6.69. The fourth-order valence-electron chi connectivity index (χ4n) is 2.35. The summed E-state index contributed by atoms with van der Waals surface area (Å²) in [5, 5.41) is 5.01. The van der Waals surface area contributed by atoms with E-state index in [0.29, 0.717) is 12.1 Å². The van der Waals surface area contributed by atoms with Crippen LogP contribution in [0.15, 0.2) is 29.2 Å². The van der Waals surface area contributed by atoms with E-state index in [0.717, 1.165) is 0 Å². The van der Waals surface area contributed by atoms with Crippen LogP contribution in [-0.2, 0) is 29.4 Å². The largest absolute Gasteiger partial charge is 0.351 e. The van der Waals surface area contributed by atoms with Gasteiger partial charge in [0.05, 0.1) is 22.9 Å². The van der Waals surface area contributed by atoms with Gasteiger partial charge in [-0.05, 0) is 30.7 Å². The second-order valence-electron chi connectivity index (χ2n) is 5.70. The van der Waals surface area contributed by atoms with Gasteiger partial charge in [-0.3, -0.25) is 9.59 Å². The molecule has 9 nitrogen and oxygen atoms in total. The van der Waals surface area contributed by atoms with Crippen LogP contribution in [0.1, 0.15) is 13.3 Å². The Labute approximate surface area is 146 Å². The fraction of sp³-hybridized carbons (Fsp3) is 0.429. The van der Waals surface area contributed by atoms with Gasteiger partial charge in [0.15, 0.2) is 9.84 Å². The third kappa shape index (κ3) is 5.80. The van der Waals surface area contributed by atoms with Crippen LogP contribution in [0.4, 0.5) is 5.69 Å². The van der Waals surface area contributed by atoms with Crippen molar-refractivity contribution in [1.82, 2.24) is 10.0 Å². The summed E-state index contributed by atoms with van der Waals surface area (Å²) in [5.74, 6) is -0.986. The Balaban J connectivity index is 1.90. The molecule has 0 spiro atoms. The van der Waals surface area contributed by atoms with Crippen LogP contribution < -0.4 is 15.4 Å². The van der Waals surface area contributed by atoms with Crippen molar-refractivity contribution < 1.29 is 26.4 Å². The van der Waals surface area contributed by atoms with Crippen LogP contribution in [0.25, 0.3) is 0 Å². The molecule has 0 aromatic heterocycles. The van der Waals surface area contributed by atoms with Crippen molar-refractivity contribution >= 4 is 37.4 Å². The van der Waals surface area contributed by atoms with Gasteiger partial charge >= 0.3 is 0 Å². The molecule has 0 aliphatic carbocycles. The quantitative estimate of drug-likeness (QED) is 0.584. The Bertz CT molecular complexity index is 862. The average Bonchev–Trinajstić information content (AvgIpc) is 2.84. The van der Waals surface area contributed by atoms with Crippen LogP contribution in [0, 0.1) is 0 Å². The Morgan fingerprint density at radius 3 is 2.36 bits per heavy atom. The minimum atomic E-state index is -3.90. The van der Waals surface area contributed by atoms with Crippen molar-refractivity contribution in [1.29, 1.82) is 0 Å². The number of carbonyl (C=O) groups excluding carboxylic acids is 2. The van der Waals surface area contributed by atoms with Crippen LogP contribution in [0.3, 0.4) is 0 Å². The summed E-state index contributed by atoms with van der Waals surface area (Å²) >= 11 is 0. The number of hydrogen-bond acceptors (Lipinski definition) is 6. The zero-order valence-electron chi connectivity index (χ0n) is 13.5. The van der Waals surface area contributed by atoms with Gasteiger partial charge in [0.2, 0.25) is 21.8 Å². The van der Waals surface area contributed by atoms with Gasteiger partial charge in [-0.1, -0.05) is 0 Å². The lowest BCUT2D eigenvalue weighted by atomic mass is 10.2. The first-order chi connectivity index (χ1) is 11.6. The highest BCUT2D eigenvalue weighted by Gasteiger charge is 2.29. The van der Waals surface area contributed by atoms with Crippen molar-refractivity contribution in [2.75, 3.05) is 23.4 Å². The molecule has 1 aliphatic rings. The number of benzene rings is 1. The topological polar surface area (TPSA) is 139 Å². The van der Waals surface area contributed by atoms with E-state index < -0.39 is 38.4 Å². The molecule has 1 aromatic carbocycles. The maximum Gasteiger partial charge on any atom is 0.241 e. The number of nitrogens with one attached hydrogen (secondary N) is 3. The second kappa shape index (κ2) is 7.50. The van der Waals surface area contributed by atoms with Crippen LogP contribution in [-0.4, -0.2) is 52.7 Å². The van der Waals surface area contributed by atoms with E-state index >= 15 is 0 Å². The highest BCUT2D eigenvalue weighted by Crippen LogP contribution is 2.14. The van der Waals surface area contributed by atoms with Crippen molar-refractivity contribution in [2.45, 2.75) is 24.3 Å². The van der Waals surface area contributed by atoms with Gasteiger partial charge in [-0.2, -0.15) is 0 Å². The van der Waals surface area contributed by atoms with Crippen molar-refractivity contribution in [3.05, 3.63) is 24.3 Å². The molecule has 0 radical (unpaired) electrons. The first-order valence-corrected chi connectivity index (χ1v) is 10.7. The number of sulfonamides is 1. The summed E-state index contributed by atoms with van der Waals surface area (Å²) in [4.78, 5) is 22.7. The van der Waals surface area contributed by atoms with Crippen LogP contribution in [0.2, 0.25) is 0 Å². The van der Waals surface area contributed by atoms with Gasteiger partial charge in [-0.25, -0.2) is 21.6 Å². The number of sulfone groups is 1. The zero-order chi connectivity index (χ0) is 18.7. The predicted octanol–water partition coefficient (Wildman–Crippen LogP) is -0.773.